The molecule has 0 saturated heterocycles. The number of pyridine rings is 1. The summed E-state index contributed by atoms with van der Waals surface area (Å²) in [5.74, 6) is -0.0368. The van der Waals surface area contributed by atoms with E-state index in [0.717, 1.165) is 0 Å². The Labute approximate surface area is 109 Å². The lowest BCUT2D eigenvalue weighted by Crippen LogP contribution is -2.39. The molecule has 1 aromatic rings. The van der Waals surface area contributed by atoms with Gasteiger partial charge in [0, 0.05) is 0 Å². The molecule has 1 aromatic heterocycles. The molecule has 94 valence electrons. The number of halogens is 2. The van der Waals surface area contributed by atoms with E-state index in [9.17, 15) is 4.79 Å². The van der Waals surface area contributed by atoms with Crippen molar-refractivity contribution < 1.29 is 4.79 Å². The van der Waals surface area contributed by atoms with Crippen LogP contribution in [0.25, 0.3) is 0 Å². The molecule has 17 heavy (non-hydrogen) atoms. The molecule has 1 atom stereocenters. The highest BCUT2D eigenvalue weighted by molar-refractivity contribution is 6.37. The molecule has 1 heterocycles. The van der Waals surface area contributed by atoms with Crippen LogP contribution >= 0.6 is 23.2 Å². The average molecular weight is 277 g/mol. The topological polar surface area (TPSA) is 94.0 Å². The molecule has 0 aromatic carbocycles. The zero-order valence-electron chi connectivity index (χ0n) is 9.50. The Bertz CT molecular complexity index is 437. The number of rotatable bonds is 4. The van der Waals surface area contributed by atoms with Gasteiger partial charge in [0.05, 0.1) is 10.0 Å². The molecule has 7 heteroatoms. The van der Waals surface area contributed by atoms with Crippen LogP contribution in [-0.4, -0.2) is 16.9 Å². The molecule has 0 spiro atoms. The lowest BCUT2D eigenvalue weighted by atomic mass is 10.0. The summed E-state index contributed by atoms with van der Waals surface area (Å²) in [6.45, 7) is 3.71. The molecular formula is C10H14Cl2N4O. The van der Waals surface area contributed by atoms with Crippen LogP contribution in [0.4, 0.5) is 11.6 Å². The van der Waals surface area contributed by atoms with Crippen molar-refractivity contribution in [2.45, 2.75) is 19.9 Å². The highest BCUT2D eigenvalue weighted by Crippen LogP contribution is 2.28. The first-order valence-corrected chi connectivity index (χ1v) is 5.76. The van der Waals surface area contributed by atoms with Gasteiger partial charge >= 0.3 is 0 Å². The zero-order chi connectivity index (χ0) is 13.2. The second kappa shape index (κ2) is 5.42. The molecular weight excluding hydrogens is 263 g/mol. The Kier molecular flexibility index (Phi) is 4.42. The summed E-state index contributed by atoms with van der Waals surface area (Å²) in [6.07, 6.45) is 0. The average Bonchev–Trinajstić information content (AvgIpc) is 2.20. The van der Waals surface area contributed by atoms with Crippen LogP contribution in [0.5, 0.6) is 0 Å². The summed E-state index contributed by atoms with van der Waals surface area (Å²) >= 11 is 11.7. The van der Waals surface area contributed by atoms with Crippen LogP contribution < -0.4 is 16.8 Å². The van der Waals surface area contributed by atoms with Gasteiger partial charge in [-0.1, -0.05) is 37.0 Å². The Morgan fingerprint density at radius 1 is 1.41 bits per heavy atom. The number of amides is 1. The molecule has 5 N–H and O–H groups in total. The van der Waals surface area contributed by atoms with Crippen molar-refractivity contribution in [1.29, 1.82) is 0 Å². The third kappa shape index (κ3) is 3.38. The van der Waals surface area contributed by atoms with Crippen molar-refractivity contribution in [2.24, 2.45) is 11.7 Å². The lowest BCUT2D eigenvalue weighted by molar-refractivity contribution is -0.119. The first-order chi connectivity index (χ1) is 7.82. The highest BCUT2D eigenvalue weighted by atomic mass is 35.5. The highest BCUT2D eigenvalue weighted by Gasteiger charge is 2.21. The van der Waals surface area contributed by atoms with E-state index in [-0.39, 0.29) is 21.8 Å². The predicted molar refractivity (Wildman–Crippen MR) is 70.1 cm³/mol. The second-order valence-corrected chi connectivity index (χ2v) is 4.77. The standard InChI is InChI=1S/C10H14Cl2N4O/c1-4(2)7(9(14)17)15-10-6(12)3-5(11)8(13)16-10/h3-4,7H,1-2H3,(H2,14,17)(H3,13,15,16). The van der Waals surface area contributed by atoms with Gasteiger partial charge in [-0.15, -0.1) is 0 Å². The van der Waals surface area contributed by atoms with Gasteiger partial charge in [-0.2, -0.15) is 0 Å². The van der Waals surface area contributed by atoms with Crippen LogP contribution in [0.1, 0.15) is 13.8 Å². The van der Waals surface area contributed by atoms with Gasteiger partial charge in [-0.3, -0.25) is 4.79 Å². The van der Waals surface area contributed by atoms with Crippen molar-refractivity contribution in [3.63, 3.8) is 0 Å². The van der Waals surface area contributed by atoms with E-state index < -0.39 is 11.9 Å². The van der Waals surface area contributed by atoms with E-state index in [1.54, 1.807) is 0 Å². The fourth-order valence-corrected chi connectivity index (χ4v) is 1.71. The van der Waals surface area contributed by atoms with Crippen molar-refractivity contribution in [3.05, 3.63) is 16.1 Å². The fourth-order valence-electron chi connectivity index (χ4n) is 1.30. The quantitative estimate of drug-likeness (QED) is 0.783. The molecule has 5 nitrogen and oxygen atoms in total. The summed E-state index contributed by atoms with van der Waals surface area (Å²) in [5.41, 5.74) is 10.8. The van der Waals surface area contributed by atoms with E-state index in [0.29, 0.717) is 5.82 Å². The third-order valence-electron chi connectivity index (χ3n) is 2.22. The summed E-state index contributed by atoms with van der Waals surface area (Å²) in [6, 6.07) is 0.896. The van der Waals surface area contributed by atoms with Gasteiger partial charge in [0.15, 0.2) is 0 Å². The molecule has 0 radical (unpaired) electrons. The molecule has 1 rings (SSSR count). The van der Waals surface area contributed by atoms with Crippen molar-refractivity contribution in [2.75, 3.05) is 11.1 Å². The van der Waals surface area contributed by atoms with Crippen molar-refractivity contribution in [1.82, 2.24) is 4.98 Å². The van der Waals surface area contributed by atoms with Gasteiger partial charge in [0.2, 0.25) is 5.91 Å². The van der Waals surface area contributed by atoms with Gasteiger partial charge in [0.1, 0.15) is 17.7 Å². The first kappa shape index (κ1) is 13.9. The van der Waals surface area contributed by atoms with Crippen molar-refractivity contribution >= 4 is 40.7 Å². The predicted octanol–water partition coefficient (Wildman–Crippen LogP) is 1.89. The van der Waals surface area contributed by atoms with Gasteiger partial charge in [0.25, 0.3) is 0 Å². The van der Waals surface area contributed by atoms with Crippen molar-refractivity contribution in [3.8, 4) is 0 Å². The molecule has 0 aliphatic heterocycles. The monoisotopic (exact) mass is 276 g/mol. The number of anilines is 2. The second-order valence-electron chi connectivity index (χ2n) is 3.95. The number of nitrogens with one attached hydrogen (secondary N) is 1. The number of carbonyl (C=O) groups excluding carboxylic acids is 1. The van der Waals surface area contributed by atoms with E-state index in [2.05, 4.69) is 10.3 Å². The maximum absolute atomic E-state index is 11.2. The van der Waals surface area contributed by atoms with Crippen LogP contribution in [0.2, 0.25) is 10.0 Å². The van der Waals surface area contributed by atoms with Crippen LogP contribution in [0.3, 0.4) is 0 Å². The minimum Gasteiger partial charge on any atom is -0.382 e. The number of nitrogen functional groups attached to an aromatic ring is 1. The Morgan fingerprint density at radius 3 is 2.47 bits per heavy atom. The molecule has 0 aliphatic carbocycles. The number of hydrogen-bond donors (Lipinski definition) is 3. The molecule has 0 fully saturated rings. The third-order valence-corrected chi connectivity index (χ3v) is 2.81. The summed E-state index contributed by atoms with van der Waals surface area (Å²) in [4.78, 5) is 15.2. The number of nitrogens with zero attached hydrogens (tertiary/aromatic N) is 1. The minimum absolute atomic E-state index is 0.00210. The molecule has 1 unspecified atom stereocenters. The molecule has 0 aliphatic rings. The SMILES string of the molecule is CC(C)C(Nc1nc(N)c(Cl)cc1Cl)C(N)=O. The fraction of sp³-hybridized carbons (Fsp3) is 0.400. The number of nitrogens with two attached hydrogens (primary N) is 2. The Morgan fingerprint density at radius 2 is 2.00 bits per heavy atom. The number of hydrogen-bond acceptors (Lipinski definition) is 4. The lowest BCUT2D eigenvalue weighted by Gasteiger charge is -2.20. The molecule has 1 amide bonds. The summed E-state index contributed by atoms with van der Waals surface area (Å²) < 4.78 is 0. The number of primary amides is 1. The minimum atomic E-state index is -0.569. The van der Waals surface area contributed by atoms with E-state index >= 15 is 0 Å². The zero-order valence-corrected chi connectivity index (χ0v) is 11.0. The maximum atomic E-state index is 11.2. The van der Waals surface area contributed by atoms with Crippen LogP contribution in [-0.2, 0) is 4.79 Å². The molecule has 0 bridgehead atoms. The van der Waals surface area contributed by atoms with E-state index in [4.69, 9.17) is 34.7 Å². The van der Waals surface area contributed by atoms with Gasteiger partial charge < -0.3 is 16.8 Å². The Hall–Kier alpha value is -1.20. The van der Waals surface area contributed by atoms with E-state index in [1.165, 1.54) is 6.07 Å². The molecule has 0 saturated carbocycles. The smallest absolute Gasteiger partial charge is 0.240 e. The van der Waals surface area contributed by atoms with Gasteiger partial charge in [-0.05, 0) is 12.0 Å². The number of carbonyl (C=O) groups is 1. The van der Waals surface area contributed by atoms with Crippen LogP contribution in [0, 0.1) is 5.92 Å². The first-order valence-electron chi connectivity index (χ1n) is 5.00. The number of aromatic nitrogens is 1. The summed E-state index contributed by atoms with van der Waals surface area (Å²) in [5, 5.41) is 3.41. The largest absolute Gasteiger partial charge is 0.382 e. The van der Waals surface area contributed by atoms with Gasteiger partial charge in [-0.25, -0.2) is 4.98 Å². The maximum Gasteiger partial charge on any atom is 0.240 e. The van der Waals surface area contributed by atoms with E-state index in [1.807, 2.05) is 13.8 Å². The normalized spacial score (nSPS) is 12.5. The summed E-state index contributed by atoms with van der Waals surface area (Å²) in [7, 11) is 0. The Balaban J connectivity index is 3.01. The van der Waals surface area contributed by atoms with Crippen LogP contribution in [0.15, 0.2) is 6.07 Å².